The molecule has 0 aliphatic heterocycles. The van der Waals surface area contributed by atoms with E-state index in [0.29, 0.717) is 25.4 Å². The van der Waals surface area contributed by atoms with Crippen LogP contribution in [0.3, 0.4) is 0 Å². The van der Waals surface area contributed by atoms with Crippen molar-refractivity contribution in [2.75, 3.05) is 7.11 Å². The Morgan fingerprint density at radius 1 is 1.23 bits per heavy atom. The molecular formula is C15H12BrNO4S. The van der Waals surface area contributed by atoms with E-state index in [1.54, 1.807) is 43.3 Å². The first kappa shape index (κ1) is 16.5. The van der Waals surface area contributed by atoms with E-state index in [4.69, 9.17) is 4.74 Å². The number of esters is 1. The Morgan fingerprint density at radius 3 is 2.55 bits per heavy atom. The van der Waals surface area contributed by atoms with E-state index in [0.717, 1.165) is 0 Å². The number of nitro groups is 1. The summed E-state index contributed by atoms with van der Waals surface area (Å²) in [4.78, 5) is 23.8. The Balaban J connectivity index is 2.51. The molecule has 2 rings (SSSR count). The molecule has 0 aliphatic rings. The molecule has 5 nitrogen and oxygen atoms in total. The van der Waals surface area contributed by atoms with Crippen molar-refractivity contribution in [1.29, 1.82) is 0 Å². The first-order chi connectivity index (χ1) is 10.5. The van der Waals surface area contributed by atoms with Crippen LogP contribution in [0.15, 0.2) is 50.7 Å². The predicted octanol–water partition coefficient (Wildman–Crippen LogP) is 4.60. The monoisotopic (exact) mass is 381 g/mol. The van der Waals surface area contributed by atoms with Gasteiger partial charge in [-0.15, -0.1) is 0 Å². The van der Waals surface area contributed by atoms with Gasteiger partial charge in [0.1, 0.15) is 0 Å². The molecule has 7 heteroatoms. The topological polar surface area (TPSA) is 69.4 Å². The van der Waals surface area contributed by atoms with Crippen molar-refractivity contribution in [3.63, 3.8) is 0 Å². The van der Waals surface area contributed by atoms with Crippen LogP contribution in [0.4, 0.5) is 5.69 Å². The molecule has 0 radical (unpaired) electrons. The van der Waals surface area contributed by atoms with Gasteiger partial charge in [0, 0.05) is 14.9 Å². The predicted molar refractivity (Wildman–Crippen MR) is 87.4 cm³/mol. The van der Waals surface area contributed by atoms with E-state index < -0.39 is 10.9 Å². The summed E-state index contributed by atoms with van der Waals surface area (Å²) >= 11 is 4.47. The van der Waals surface area contributed by atoms with Crippen molar-refractivity contribution in [1.82, 2.24) is 0 Å². The number of nitrogens with zero attached hydrogens (tertiary/aromatic N) is 1. The van der Waals surface area contributed by atoms with Gasteiger partial charge in [0.25, 0.3) is 5.69 Å². The van der Waals surface area contributed by atoms with Crippen LogP contribution < -0.4 is 0 Å². The lowest BCUT2D eigenvalue weighted by Crippen LogP contribution is -2.03. The van der Waals surface area contributed by atoms with Crippen LogP contribution in [0, 0.1) is 17.0 Å². The molecule has 2 aromatic rings. The van der Waals surface area contributed by atoms with Crippen LogP contribution in [0.2, 0.25) is 0 Å². The number of carbonyl (C=O) groups excluding carboxylic acids is 1. The highest BCUT2D eigenvalue weighted by Crippen LogP contribution is 2.40. The highest BCUT2D eigenvalue weighted by molar-refractivity contribution is 9.10. The van der Waals surface area contributed by atoms with E-state index in [1.165, 1.54) is 18.9 Å². The summed E-state index contributed by atoms with van der Waals surface area (Å²) in [7, 11) is 1.30. The molecule has 0 amide bonds. The Labute approximate surface area is 140 Å². The summed E-state index contributed by atoms with van der Waals surface area (Å²) in [5.74, 6) is -0.473. The Kier molecular flexibility index (Phi) is 5.20. The number of carbonyl (C=O) groups is 1. The third-order valence-electron chi connectivity index (χ3n) is 3.02. The van der Waals surface area contributed by atoms with Crippen molar-refractivity contribution < 1.29 is 14.5 Å². The zero-order valence-corrected chi connectivity index (χ0v) is 14.2. The summed E-state index contributed by atoms with van der Waals surface area (Å²) in [6.07, 6.45) is 0. The molecule has 0 atom stereocenters. The smallest absolute Gasteiger partial charge is 0.339 e. The number of hydrogen-bond donors (Lipinski definition) is 0. The normalized spacial score (nSPS) is 10.3. The quantitative estimate of drug-likeness (QED) is 0.439. The minimum absolute atomic E-state index is 0.0269. The summed E-state index contributed by atoms with van der Waals surface area (Å²) in [6.45, 7) is 1.68. The maximum absolute atomic E-state index is 11.8. The number of nitro benzene ring substituents is 1. The van der Waals surface area contributed by atoms with Crippen molar-refractivity contribution in [2.45, 2.75) is 16.7 Å². The van der Waals surface area contributed by atoms with Gasteiger partial charge in [-0.3, -0.25) is 10.1 Å². The van der Waals surface area contributed by atoms with Crippen molar-refractivity contribution >= 4 is 39.3 Å². The SMILES string of the molecule is COC(=O)c1ccccc1Sc1ccc(Br)c(C)c1[N+](=O)[O-]. The molecule has 2 aromatic carbocycles. The third kappa shape index (κ3) is 3.31. The highest BCUT2D eigenvalue weighted by atomic mass is 79.9. The van der Waals surface area contributed by atoms with Gasteiger partial charge in [0.05, 0.1) is 22.5 Å². The van der Waals surface area contributed by atoms with Crippen molar-refractivity contribution in [3.05, 3.63) is 62.1 Å². The van der Waals surface area contributed by atoms with Gasteiger partial charge < -0.3 is 4.74 Å². The summed E-state index contributed by atoms with van der Waals surface area (Å²) < 4.78 is 5.41. The Morgan fingerprint density at radius 2 is 1.91 bits per heavy atom. The fraction of sp³-hybridized carbons (Fsp3) is 0.133. The van der Waals surface area contributed by atoms with Crippen LogP contribution in [0.1, 0.15) is 15.9 Å². The van der Waals surface area contributed by atoms with E-state index >= 15 is 0 Å². The zero-order valence-electron chi connectivity index (χ0n) is 11.8. The van der Waals surface area contributed by atoms with Gasteiger partial charge in [-0.05, 0) is 31.2 Å². The Bertz CT molecular complexity index is 748. The van der Waals surface area contributed by atoms with E-state index in [1.807, 2.05) is 0 Å². The van der Waals surface area contributed by atoms with Crippen LogP contribution in [-0.2, 0) is 4.74 Å². The largest absolute Gasteiger partial charge is 0.465 e. The molecule has 0 bridgehead atoms. The molecule has 0 unspecified atom stereocenters. The minimum atomic E-state index is -0.473. The van der Waals surface area contributed by atoms with Crippen molar-refractivity contribution in [2.24, 2.45) is 0 Å². The maximum Gasteiger partial charge on any atom is 0.339 e. The van der Waals surface area contributed by atoms with E-state index in [9.17, 15) is 14.9 Å². The fourth-order valence-corrected chi connectivity index (χ4v) is 3.34. The van der Waals surface area contributed by atoms with E-state index in [2.05, 4.69) is 15.9 Å². The first-order valence-electron chi connectivity index (χ1n) is 6.24. The summed E-state index contributed by atoms with van der Waals surface area (Å²) in [5.41, 5.74) is 0.953. The molecule has 0 spiro atoms. The fourth-order valence-electron chi connectivity index (χ4n) is 1.91. The van der Waals surface area contributed by atoms with E-state index in [-0.39, 0.29) is 5.69 Å². The minimum Gasteiger partial charge on any atom is -0.465 e. The third-order valence-corrected chi connectivity index (χ3v) is 5.01. The van der Waals surface area contributed by atoms with Crippen LogP contribution in [0.25, 0.3) is 0 Å². The number of methoxy groups -OCH3 is 1. The van der Waals surface area contributed by atoms with Gasteiger partial charge in [0.2, 0.25) is 0 Å². The molecule has 0 heterocycles. The van der Waals surface area contributed by atoms with Gasteiger partial charge in [-0.25, -0.2) is 4.79 Å². The molecular weight excluding hydrogens is 370 g/mol. The van der Waals surface area contributed by atoms with Gasteiger partial charge in [-0.1, -0.05) is 39.8 Å². The zero-order chi connectivity index (χ0) is 16.3. The average Bonchev–Trinajstić information content (AvgIpc) is 2.50. The second kappa shape index (κ2) is 6.93. The molecule has 0 saturated carbocycles. The van der Waals surface area contributed by atoms with Crippen LogP contribution in [-0.4, -0.2) is 18.0 Å². The lowest BCUT2D eigenvalue weighted by molar-refractivity contribution is -0.388. The Hall–Kier alpha value is -1.86. The second-order valence-corrected chi connectivity index (χ2v) is 6.30. The van der Waals surface area contributed by atoms with Gasteiger partial charge >= 0.3 is 5.97 Å². The number of benzene rings is 2. The molecule has 0 N–H and O–H groups in total. The number of hydrogen-bond acceptors (Lipinski definition) is 5. The molecule has 22 heavy (non-hydrogen) atoms. The average molecular weight is 382 g/mol. The van der Waals surface area contributed by atoms with Gasteiger partial charge in [0.15, 0.2) is 0 Å². The van der Waals surface area contributed by atoms with Gasteiger partial charge in [-0.2, -0.15) is 0 Å². The number of rotatable bonds is 4. The molecule has 0 fully saturated rings. The molecule has 0 aliphatic carbocycles. The maximum atomic E-state index is 11.8. The summed E-state index contributed by atoms with van der Waals surface area (Å²) in [6, 6.07) is 10.3. The lowest BCUT2D eigenvalue weighted by Gasteiger charge is -2.09. The van der Waals surface area contributed by atoms with Crippen molar-refractivity contribution in [3.8, 4) is 0 Å². The van der Waals surface area contributed by atoms with Crippen LogP contribution >= 0.6 is 27.7 Å². The first-order valence-corrected chi connectivity index (χ1v) is 7.85. The number of ether oxygens (including phenoxy) is 1. The molecule has 114 valence electrons. The standard InChI is InChI=1S/C15H12BrNO4S/c1-9-11(16)7-8-13(14(9)17(19)20)22-12-6-4-3-5-10(12)15(18)21-2/h3-8H,1-2H3. The number of halogens is 1. The molecule has 0 aromatic heterocycles. The highest BCUT2D eigenvalue weighted by Gasteiger charge is 2.22. The van der Waals surface area contributed by atoms with Crippen LogP contribution in [0.5, 0.6) is 0 Å². The second-order valence-electron chi connectivity index (χ2n) is 4.37. The summed E-state index contributed by atoms with van der Waals surface area (Å²) in [5, 5.41) is 11.3. The lowest BCUT2D eigenvalue weighted by atomic mass is 10.2. The molecule has 0 saturated heterocycles.